The molecule has 3 nitrogen and oxygen atoms in total. The number of aromatic nitrogens is 3. The normalized spacial score (nSPS) is 11.6. The summed E-state index contributed by atoms with van der Waals surface area (Å²) in [6.45, 7) is 0. The highest BCUT2D eigenvalue weighted by molar-refractivity contribution is 6.38. The van der Waals surface area contributed by atoms with E-state index in [4.69, 9.17) is 21.6 Å². The topological polar surface area (TPSA) is 30.7 Å². The highest BCUT2D eigenvalue weighted by atomic mass is 35.5. The molecule has 0 N–H and O–H groups in total. The lowest BCUT2D eigenvalue weighted by molar-refractivity contribution is 1.08. The average Bonchev–Trinajstić information content (AvgIpc) is 3.34. The Labute approximate surface area is 235 Å². The van der Waals surface area contributed by atoms with Crippen molar-refractivity contribution in [2.24, 2.45) is 0 Å². The minimum atomic E-state index is 0.721. The van der Waals surface area contributed by atoms with Crippen LogP contribution in [0.15, 0.2) is 133 Å². The first-order chi connectivity index (χ1) is 19.7. The van der Waals surface area contributed by atoms with Crippen LogP contribution in [0, 0.1) is 0 Å². The lowest BCUT2D eigenvalue weighted by atomic mass is 10.0. The van der Waals surface area contributed by atoms with Crippen LogP contribution in [0.2, 0.25) is 5.02 Å². The zero-order chi connectivity index (χ0) is 26.6. The van der Waals surface area contributed by atoms with Crippen LogP contribution in [0.5, 0.6) is 0 Å². The van der Waals surface area contributed by atoms with Crippen molar-refractivity contribution in [3.8, 4) is 28.2 Å². The van der Waals surface area contributed by atoms with Crippen LogP contribution in [0.25, 0.3) is 71.8 Å². The fraction of sp³-hybridized carbons (Fsp3) is 0. The fourth-order valence-corrected chi connectivity index (χ4v) is 6.00. The molecule has 4 heteroatoms. The largest absolute Gasteiger partial charge is 0.292 e. The van der Waals surface area contributed by atoms with E-state index in [1.165, 1.54) is 10.9 Å². The third-order valence-corrected chi connectivity index (χ3v) is 7.95. The molecule has 0 saturated heterocycles. The van der Waals surface area contributed by atoms with Gasteiger partial charge in [0, 0.05) is 16.3 Å². The van der Waals surface area contributed by atoms with E-state index in [1.807, 2.05) is 42.5 Å². The van der Waals surface area contributed by atoms with Gasteiger partial charge in [0.1, 0.15) is 5.69 Å². The summed E-state index contributed by atoms with van der Waals surface area (Å²) in [7, 11) is 0. The molecule has 0 bridgehead atoms. The van der Waals surface area contributed by atoms with Crippen LogP contribution in [0.3, 0.4) is 0 Å². The van der Waals surface area contributed by atoms with Gasteiger partial charge < -0.3 is 0 Å². The summed E-state index contributed by atoms with van der Waals surface area (Å²) in [6.07, 6.45) is 0. The molecule has 8 rings (SSSR count). The maximum Gasteiger partial charge on any atom is 0.165 e. The molecule has 0 amide bonds. The summed E-state index contributed by atoms with van der Waals surface area (Å²) in [6, 6.07) is 46.0. The summed E-state index contributed by atoms with van der Waals surface area (Å²) in [4.78, 5) is 10.4. The van der Waals surface area contributed by atoms with Crippen molar-refractivity contribution in [2.75, 3.05) is 0 Å². The highest BCUT2D eigenvalue weighted by Gasteiger charge is 2.21. The Morgan fingerprint density at radius 2 is 1.12 bits per heavy atom. The van der Waals surface area contributed by atoms with E-state index in [1.54, 1.807) is 0 Å². The van der Waals surface area contributed by atoms with E-state index in [9.17, 15) is 0 Å². The Kier molecular flexibility index (Phi) is 5.19. The number of para-hydroxylation sites is 2. The van der Waals surface area contributed by atoms with E-state index in [2.05, 4.69) is 95.6 Å². The van der Waals surface area contributed by atoms with Gasteiger partial charge in [-0.2, -0.15) is 0 Å². The first-order valence-electron chi connectivity index (χ1n) is 13.3. The number of rotatable bonds is 3. The molecule has 0 saturated carbocycles. The third kappa shape index (κ3) is 3.59. The average molecular weight is 532 g/mol. The lowest BCUT2D eigenvalue weighted by Crippen LogP contribution is -2.03. The molecular weight excluding hydrogens is 510 g/mol. The number of halogens is 1. The maximum absolute atomic E-state index is 6.87. The third-order valence-electron chi connectivity index (χ3n) is 7.64. The molecule has 6 aromatic carbocycles. The van der Waals surface area contributed by atoms with Crippen molar-refractivity contribution >= 4 is 55.2 Å². The van der Waals surface area contributed by atoms with Gasteiger partial charge in [-0.3, -0.25) is 4.57 Å². The lowest BCUT2D eigenvalue weighted by Gasteiger charge is -2.14. The summed E-state index contributed by atoms with van der Waals surface area (Å²) in [5, 5.41) is 5.18. The molecule has 0 aliphatic rings. The van der Waals surface area contributed by atoms with E-state index >= 15 is 0 Å². The van der Waals surface area contributed by atoms with Crippen molar-refractivity contribution in [3.05, 3.63) is 138 Å². The molecule has 40 heavy (non-hydrogen) atoms. The number of hydrogen-bond donors (Lipinski definition) is 0. The number of fused-ring (bicyclic) bond motifs is 5. The van der Waals surface area contributed by atoms with Gasteiger partial charge in [0.2, 0.25) is 0 Å². The van der Waals surface area contributed by atoms with Crippen LogP contribution in [0.1, 0.15) is 0 Å². The first-order valence-corrected chi connectivity index (χ1v) is 13.7. The summed E-state index contributed by atoms with van der Waals surface area (Å²) in [5.74, 6) is 0.781. The molecule has 2 aromatic heterocycles. The van der Waals surface area contributed by atoms with Crippen molar-refractivity contribution in [2.45, 2.75) is 0 Å². The molecule has 0 aliphatic carbocycles. The second-order valence-electron chi connectivity index (χ2n) is 10.0. The van der Waals surface area contributed by atoms with Crippen LogP contribution < -0.4 is 0 Å². The molecule has 0 atom stereocenters. The Morgan fingerprint density at radius 1 is 0.500 bits per heavy atom. The molecule has 188 valence electrons. The zero-order valence-corrected chi connectivity index (χ0v) is 22.2. The summed E-state index contributed by atoms with van der Waals surface area (Å²) < 4.78 is 2.23. The van der Waals surface area contributed by atoms with Gasteiger partial charge in [-0.25, -0.2) is 9.97 Å². The molecule has 0 spiro atoms. The Bertz CT molecular complexity index is 2210. The van der Waals surface area contributed by atoms with Crippen LogP contribution in [-0.2, 0) is 0 Å². The molecule has 2 heterocycles. The van der Waals surface area contributed by atoms with Crippen molar-refractivity contribution in [1.29, 1.82) is 0 Å². The molecule has 0 aliphatic heterocycles. The predicted octanol–water partition coefficient (Wildman–Crippen LogP) is 9.87. The molecule has 0 unspecified atom stereocenters. The zero-order valence-electron chi connectivity index (χ0n) is 21.4. The predicted molar refractivity (Wildman–Crippen MR) is 167 cm³/mol. The van der Waals surface area contributed by atoms with Crippen molar-refractivity contribution < 1.29 is 0 Å². The smallest absolute Gasteiger partial charge is 0.165 e. The van der Waals surface area contributed by atoms with Gasteiger partial charge in [-0.15, -0.1) is 0 Å². The Morgan fingerprint density at radius 3 is 1.90 bits per heavy atom. The van der Waals surface area contributed by atoms with Crippen molar-refractivity contribution in [1.82, 2.24) is 14.5 Å². The summed E-state index contributed by atoms with van der Waals surface area (Å²) >= 11 is 6.87. The van der Waals surface area contributed by atoms with E-state index < -0.39 is 0 Å². The minimum Gasteiger partial charge on any atom is -0.292 e. The molecule has 0 fully saturated rings. The summed E-state index contributed by atoms with van der Waals surface area (Å²) in [5.41, 5.74) is 7.93. The Hall–Kier alpha value is -4.99. The second kappa shape index (κ2) is 9.04. The van der Waals surface area contributed by atoms with E-state index in [0.29, 0.717) is 0 Å². The molecule has 0 radical (unpaired) electrons. The maximum atomic E-state index is 6.87. The van der Waals surface area contributed by atoms with Gasteiger partial charge in [-0.1, -0.05) is 109 Å². The quantitative estimate of drug-likeness (QED) is 0.227. The van der Waals surface area contributed by atoms with Crippen molar-refractivity contribution in [3.63, 3.8) is 0 Å². The van der Waals surface area contributed by atoms with Gasteiger partial charge in [0.05, 0.1) is 27.1 Å². The van der Waals surface area contributed by atoms with Crippen LogP contribution >= 0.6 is 11.6 Å². The first kappa shape index (κ1) is 22.9. The van der Waals surface area contributed by atoms with E-state index in [-0.39, 0.29) is 0 Å². The number of nitrogens with zero attached hydrogens (tertiary/aromatic N) is 3. The standard InChI is InChI=1S/C36H22ClN3/c37-29-13-8-16-32-34(29)28-21-26-11-4-5-12-27(26)22-33(28)40(32)36-35(38-30-14-6-7-15-31(30)39-36)25-19-17-24(18-20-25)23-9-2-1-3-10-23/h1-22H. The van der Waals surface area contributed by atoms with E-state index in [0.717, 1.165) is 65.9 Å². The van der Waals surface area contributed by atoms with Crippen LogP contribution in [0.4, 0.5) is 0 Å². The Balaban J connectivity index is 1.46. The minimum absolute atomic E-state index is 0.721. The highest BCUT2D eigenvalue weighted by Crippen LogP contribution is 2.40. The monoisotopic (exact) mass is 531 g/mol. The number of hydrogen-bond acceptors (Lipinski definition) is 2. The SMILES string of the molecule is Clc1cccc2c1c1cc3ccccc3cc1n2-c1nc2ccccc2nc1-c1ccc(-c2ccccc2)cc1. The fourth-order valence-electron chi connectivity index (χ4n) is 5.73. The second-order valence-corrected chi connectivity index (χ2v) is 10.4. The van der Waals surface area contributed by atoms with Gasteiger partial charge in [-0.05, 0) is 58.3 Å². The molecule has 8 aromatic rings. The number of benzene rings is 6. The van der Waals surface area contributed by atoms with Gasteiger partial charge in [0.25, 0.3) is 0 Å². The van der Waals surface area contributed by atoms with Gasteiger partial charge >= 0.3 is 0 Å². The van der Waals surface area contributed by atoms with Crippen LogP contribution in [-0.4, -0.2) is 14.5 Å². The molecular formula is C36H22ClN3. The van der Waals surface area contributed by atoms with Gasteiger partial charge in [0.15, 0.2) is 5.82 Å².